The van der Waals surface area contributed by atoms with E-state index in [1.807, 2.05) is 0 Å². The van der Waals surface area contributed by atoms with Crippen molar-refractivity contribution in [2.45, 2.75) is 19.6 Å². The molecular weight excluding hydrogens is 327 g/mol. The normalized spacial score (nSPS) is 19.9. The van der Waals surface area contributed by atoms with Gasteiger partial charge in [-0.2, -0.15) is 0 Å². The molecule has 0 aliphatic carbocycles. The molecule has 1 fully saturated rings. The van der Waals surface area contributed by atoms with Gasteiger partial charge in [0.15, 0.2) is 0 Å². The van der Waals surface area contributed by atoms with Crippen molar-refractivity contribution in [3.8, 4) is 0 Å². The number of benzene rings is 1. The van der Waals surface area contributed by atoms with E-state index >= 15 is 0 Å². The second-order valence-corrected chi connectivity index (χ2v) is 5.76. The molecule has 1 aliphatic rings. The first kappa shape index (κ1) is 15.4. The summed E-state index contributed by atoms with van der Waals surface area (Å²) < 4.78 is 19.5. The van der Waals surface area contributed by atoms with Gasteiger partial charge >= 0.3 is 0 Å². The van der Waals surface area contributed by atoms with Crippen LogP contribution in [-0.4, -0.2) is 43.2 Å². The number of nitrogens with zero attached hydrogens (tertiary/aromatic N) is 1. The second kappa shape index (κ2) is 7.15. The zero-order valence-corrected chi connectivity index (χ0v) is 13.0. The number of morpholine rings is 1. The first-order valence-electron chi connectivity index (χ1n) is 6.57. The molecule has 4 nitrogen and oxygen atoms in total. The van der Waals surface area contributed by atoms with E-state index in [0.717, 1.165) is 29.7 Å². The van der Waals surface area contributed by atoms with Crippen molar-refractivity contribution in [3.05, 3.63) is 34.1 Å². The summed E-state index contributed by atoms with van der Waals surface area (Å²) in [6.45, 7) is 4.99. The zero-order chi connectivity index (χ0) is 14.5. The Balaban J connectivity index is 1.90. The van der Waals surface area contributed by atoms with E-state index in [4.69, 9.17) is 4.74 Å². The zero-order valence-electron chi connectivity index (χ0n) is 11.4. The van der Waals surface area contributed by atoms with E-state index in [-0.39, 0.29) is 17.8 Å². The van der Waals surface area contributed by atoms with Crippen LogP contribution in [0, 0.1) is 5.82 Å². The highest BCUT2D eigenvalue weighted by molar-refractivity contribution is 9.10. The molecule has 1 aliphatic heterocycles. The van der Waals surface area contributed by atoms with Crippen LogP contribution < -0.4 is 5.32 Å². The van der Waals surface area contributed by atoms with Crippen molar-refractivity contribution in [2.75, 3.05) is 26.2 Å². The summed E-state index contributed by atoms with van der Waals surface area (Å²) in [5, 5.41) is 2.77. The van der Waals surface area contributed by atoms with Crippen molar-refractivity contribution < 1.29 is 13.9 Å². The molecule has 20 heavy (non-hydrogen) atoms. The maximum Gasteiger partial charge on any atom is 0.216 e. The molecule has 0 radical (unpaired) electrons. The molecule has 0 saturated carbocycles. The third-order valence-corrected chi connectivity index (χ3v) is 3.95. The SMILES string of the molecule is CC(=O)NC[C@H]1CN(Cc2ccc(F)cc2Br)CCO1. The summed E-state index contributed by atoms with van der Waals surface area (Å²) in [6.07, 6.45) is 0.00636. The Hall–Kier alpha value is -0.980. The molecule has 110 valence electrons. The van der Waals surface area contributed by atoms with Gasteiger partial charge in [-0.05, 0) is 17.7 Å². The third-order valence-electron chi connectivity index (χ3n) is 3.21. The van der Waals surface area contributed by atoms with Gasteiger partial charge in [0.1, 0.15) is 5.82 Å². The van der Waals surface area contributed by atoms with Crippen LogP contribution in [-0.2, 0) is 16.1 Å². The molecule has 6 heteroatoms. The van der Waals surface area contributed by atoms with Crippen molar-refractivity contribution >= 4 is 21.8 Å². The molecule has 1 heterocycles. The van der Waals surface area contributed by atoms with Crippen LogP contribution in [0.15, 0.2) is 22.7 Å². The molecule has 1 atom stereocenters. The average molecular weight is 345 g/mol. The molecular formula is C14H18BrFN2O2. The Morgan fingerprint density at radius 3 is 3.10 bits per heavy atom. The van der Waals surface area contributed by atoms with Gasteiger partial charge in [-0.25, -0.2) is 4.39 Å². The van der Waals surface area contributed by atoms with Gasteiger partial charge < -0.3 is 10.1 Å². The Labute approximate surface area is 126 Å². The molecule has 1 N–H and O–H groups in total. The lowest BCUT2D eigenvalue weighted by Gasteiger charge is -2.33. The second-order valence-electron chi connectivity index (χ2n) is 4.90. The van der Waals surface area contributed by atoms with E-state index in [0.29, 0.717) is 13.2 Å². The van der Waals surface area contributed by atoms with Crippen LogP contribution in [0.1, 0.15) is 12.5 Å². The Bertz CT molecular complexity index is 484. The number of halogens is 2. The number of amides is 1. The maximum atomic E-state index is 13.1. The Kier molecular flexibility index (Phi) is 5.51. The van der Waals surface area contributed by atoms with E-state index in [2.05, 4.69) is 26.1 Å². The lowest BCUT2D eigenvalue weighted by molar-refractivity contribution is -0.120. The minimum atomic E-state index is -0.244. The van der Waals surface area contributed by atoms with Gasteiger partial charge in [-0.1, -0.05) is 22.0 Å². The molecule has 0 aromatic heterocycles. The third kappa shape index (κ3) is 4.54. The molecule has 1 amide bonds. The predicted molar refractivity (Wildman–Crippen MR) is 77.8 cm³/mol. The number of carbonyl (C=O) groups is 1. The van der Waals surface area contributed by atoms with Crippen LogP contribution in [0.3, 0.4) is 0 Å². The fourth-order valence-corrected chi connectivity index (χ4v) is 2.67. The number of nitrogens with one attached hydrogen (secondary N) is 1. The molecule has 1 saturated heterocycles. The minimum Gasteiger partial charge on any atom is -0.374 e. The largest absolute Gasteiger partial charge is 0.374 e. The highest BCUT2D eigenvalue weighted by Crippen LogP contribution is 2.20. The summed E-state index contributed by atoms with van der Waals surface area (Å²) in [6, 6.07) is 4.73. The number of rotatable bonds is 4. The Morgan fingerprint density at radius 1 is 1.60 bits per heavy atom. The number of hydrogen-bond donors (Lipinski definition) is 1. The van der Waals surface area contributed by atoms with Crippen LogP contribution in [0.25, 0.3) is 0 Å². The summed E-state index contributed by atoms with van der Waals surface area (Å²) >= 11 is 3.38. The van der Waals surface area contributed by atoms with Crippen molar-refractivity contribution in [2.24, 2.45) is 0 Å². The maximum absolute atomic E-state index is 13.1. The fraction of sp³-hybridized carbons (Fsp3) is 0.500. The van der Waals surface area contributed by atoms with Crippen molar-refractivity contribution in [1.29, 1.82) is 0 Å². The molecule has 2 rings (SSSR count). The molecule has 1 aromatic carbocycles. The molecule has 1 aromatic rings. The topological polar surface area (TPSA) is 41.6 Å². The standard InChI is InChI=1S/C14H18BrFN2O2/c1-10(19)17-7-13-9-18(4-5-20-13)8-11-2-3-12(16)6-14(11)15/h2-3,6,13H,4-5,7-9H2,1H3,(H,17,19)/t13-/m0/s1. The lowest BCUT2D eigenvalue weighted by atomic mass is 10.2. The summed E-state index contributed by atoms with van der Waals surface area (Å²) in [5.41, 5.74) is 1.05. The predicted octanol–water partition coefficient (Wildman–Crippen LogP) is 1.93. The number of hydrogen-bond acceptors (Lipinski definition) is 3. The van der Waals surface area contributed by atoms with Gasteiger partial charge in [0.25, 0.3) is 0 Å². The van der Waals surface area contributed by atoms with Crippen LogP contribution in [0.4, 0.5) is 4.39 Å². The monoisotopic (exact) mass is 344 g/mol. The van der Waals surface area contributed by atoms with E-state index in [1.165, 1.54) is 19.1 Å². The van der Waals surface area contributed by atoms with Crippen LogP contribution in [0.5, 0.6) is 0 Å². The average Bonchev–Trinajstić information content (AvgIpc) is 2.40. The van der Waals surface area contributed by atoms with E-state index in [1.54, 1.807) is 6.07 Å². The smallest absolute Gasteiger partial charge is 0.216 e. The van der Waals surface area contributed by atoms with Gasteiger partial charge in [-0.3, -0.25) is 9.69 Å². The van der Waals surface area contributed by atoms with Gasteiger partial charge in [0.05, 0.1) is 12.7 Å². The number of carbonyl (C=O) groups excluding carboxylic acids is 1. The first-order chi connectivity index (χ1) is 9.54. The molecule has 0 unspecified atom stereocenters. The first-order valence-corrected chi connectivity index (χ1v) is 7.36. The minimum absolute atomic E-state index is 0.00636. The molecule has 0 bridgehead atoms. The van der Waals surface area contributed by atoms with Gasteiger partial charge in [0.2, 0.25) is 5.91 Å². The van der Waals surface area contributed by atoms with Gasteiger partial charge in [0, 0.05) is 37.6 Å². The summed E-state index contributed by atoms with van der Waals surface area (Å²) in [7, 11) is 0. The highest BCUT2D eigenvalue weighted by Gasteiger charge is 2.21. The Morgan fingerprint density at radius 2 is 2.40 bits per heavy atom. The quantitative estimate of drug-likeness (QED) is 0.907. The molecule has 0 spiro atoms. The van der Waals surface area contributed by atoms with Crippen LogP contribution in [0.2, 0.25) is 0 Å². The van der Waals surface area contributed by atoms with Crippen molar-refractivity contribution in [3.63, 3.8) is 0 Å². The fourth-order valence-electron chi connectivity index (χ4n) is 2.20. The van der Waals surface area contributed by atoms with E-state index in [9.17, 15) is 9.18 Å². The van der Waals surface area contributed by atoms with Gasteiger partial charge in [-0.15, -0.1) is 0 Å². The highest BCUT2D eigenvalue weighted by atomic mass is 79.9. The lowest BCUT2D eigenvalue weighted by Crippen LogP contribution is -2.46. The number of ether oxygens (including phenoxy) is 1. The summed E-state index contributed by atoms with van der Waals surface area (Å²) in [4.78, 5) is 13.2. The summed E-state index contributed by atoms with van der Waals surface area (Å²) in [5.74, 6) is -0.293. The van der Waals surface area contributed by atoms with E-state index < -0.39 is 0 Å². The van der Waals surface area contributed by atoms with Crippen LogP contribution >= 0.6 is 15.9 Å². The van der Waals surface area contributed by atoms with Crippen molar-refractivity contribution in [1.82, 2.24) is 10.2 Å².